The van der Waals surface area contributed by atoms with Crippen LogP contribution in [0.25, 0.3) is 49.4 Å². The van der Waals surface area contributed by atoms with Crippen LogP contribution in [-0.4, -0.2) is 16.8 Å². The molecule has 0 fully saturated rings. The Labute approximate surface area is 276 Å². The largest absolute Gasteiger partial charge is 0.686 e. The fourth-order valence-corrected chi connectivity index (χ4v) is 6.42. The summed E-state index contributed by atoms with van der Waals surface area (Å²) in [4.78, 5) is 15.8. The van der Waals surface area contributed by atoms with E-state index >= 15 is 0 Å². The van der Waals surface area contributed by atoms with Crippen molar-refractivity contribution >= 4 is 27.5 Å². The van der Waals surface area contributed by atoms with Crippen LogP contribution in [-0.2, 0) is 35.7 Å². The Balaban J connectivity index is 0.000000350. The Hall–Kier alpha value is -3.59. The predicted molar refractivity (Wildman–Crippen MR) is 183 cm³/mol. The molecule has 0 unspecified atom stereocenters. The summed E-state index contributed by atoms with van der Waals surface area (Å²) in [6.07, 6.45) is 1.54. The average Bonchev–Trinajstić information content (AvgIpc) is 3.18. The molecule has 6 rings (SSSR count). The summed E-state index contributed by atoms with van der Waals surface area (Å²) in [5.74, 6) is 0.0573. The number of rotatable bonds is 4. The van der Waals surface area contributed by atoms with Gasteiger partial charge in [0.2, 0.25) is 0 Å². The number of aromatic nitrogens is 1. The van der Waals surface area contributed by atoms with E-state index in [0.717, 1.165) is 27.9 Å². The summed E-state index contributed by atoms with van der Waals surface area (Å²) in [6, 6.07) is 32.4. The minimum atomic E-state index is -0.0904. The molecule has 0 aliphatic heterocycles. The van der Waals surface area contributed by atoms with E-state index in [9.17, 15) is 4.79 Å². The summed E-state index contributed by atoms with van der Waals surface area (Å²) in [7, 11) is 0. The Morgan fingerprint density at radius 3 is 2.18 bits per heavy atom. The van der Waals surface area contributed by atoms with Crippen LogP contribution >= 0.6 is 0 Å². The third-order valence-corrected chi connectivity index (χ3v) is 8.10. The van der Waals surface area contributed by atoms with E-state index in [1.54, 1.807) is 6.08 Å². The number of fused-ring (bicyclic) bond motifs is 6. The molecule has 44 heavy (non-hydrogen) atoms. The average molecular weight is 759 g/mol. The first-order valence-electron chi connectivity index (χ1n) is 15.2. The van der Waals surface area contributed by atoms with Crippen LogP contribution in [0.2, 0.25) is 0 Å². The summed E-state index contributed by atoms with van der Waals surface area (Å²) in [5, 5.41) is 7.82. The SMILES string of the molecule is CC(=O)/C=C(/C)[N-]C(C)C.CC(C)(C)c1cc(-c2nc3ccccc3c3c2-c2ccccc2C3(C)C)[c-]c2ccccc12.[Ir]. The van der Waals surface area contributed by atoms with Crippen LogP contribution in [0.3, 0.4) is 0 Å². The molecule has 0 N–H and O–H groups in total. The van der Waals surface area contributed by atoms with Crippen LogP contribution < -0.4 is 0 Å². The van der Waals surface area contributed by atoms with Crippen molar-refractivity contribution in [1.29, 1.82) is 0 Å². The quantitative estimate of drug-likeness (QED) is 0.135. The molecule has 1 aromatic heterocycles. The van der Waals surface area contributed by atoms with E-state index < -0.39 is 0 Å². The van der Waals surface area contributed by atoms with Gasteiger partial charge in [-0.05, 0) is 46.7 Å². The molecular formula is C40H42IrN2O-2. The molecule has 0 bridgehead atoms. The van der Waals surface area contributed by atoms with Crippen molar-refractivity contribution in [1.82, 2.24) is 4.98 Å². The van der Waals surface area contributed by atoms with Gasteiger partial charge in [-0.2, -0.15) is 5.70 Å². The molecule has 1 aliphatic rings. The van der Waals surface area contributed by atoms with Crippen LogP contribution in [0.4, 0.5) is 0 Å². The van der Waals surface area contributed by atoms with Gasteiger partial charge in [0, 0.05) is 36.6 Å². The minimum absolute atomic E-state index is 0. The standard InChI is InChI=1S/C32H28N.C8H15NO.Ir/c1-31(2,3)26-19-21(18-20-12-6-7-13-22(20)26)30-28-23-14-8-10-16-25(23)32(4,5)29(28)24-15-9-11-17-27(24)33-30;1-6(2)9-7(3)5-8(4)10;/h6-17,19H,1-5H3;5-6H,1-4H3,(H,9,10);/q-1;;/p-1. The number of pyridine rings is 1. The molecule has 4 heteroatoms. The third-order valence-electron chi connectivity index (χ3n) is 8.10. The van der Waals surface area contributed by atoms with E-state index in [1.807, 2.05) is 20.8 Å². The maximum absolute atomic E-state index is 10.5. The smallest absolute Gasteiger partial charge is 0.151 e. The van der Waals surface area contributed by atoms with Crippen molar-refractivity contribution in [3.63, 3.8) is 0 Å². The number of ketones is 1. The van der Waals surface area contributed by atoms with Crippen molar-refractivity contribution in [3.05, 3.63) is 119 Å². The van der Waals surface area contributed by atoms with E-state index in [0.29, 0.717) is 0 Å². The zero-order chi connectivity index (χ0) is 31.1. The molecule has 1 heterocycles. The molecule has 1 aliphatic carbocycles. The van der Waals surface area contributed by atoms with Crippen LogP contribution in [0.5, 0.6) is 0 Å². The van der Waals surface area contributed by atoms with Crippen LogP contribution in [0.1, 0.15) is 79.0 Å². The molecule has 0 spiro atoms. The molecule has 5 aromatic rings. The Bertz CT molecular complexity index is 1870. The fraction of sp³-hybridized carbons (Fsp3) is 0.300. The second kappa shape index (κ2) is 12.8. The second-order valence-electron chi connectivity index (χ2n) is 13.4. The minimum Gasteiger partial charge on any atom is -0.686 e. The molecule has 4 aromatic carbocycles. The molecule has 0 saturated carbocycles. The number of nitrogens with zero attached hydrogens (tertiary/aromatic N) is 2. The number of hydrogen-bond acceptors (Lipinski definition) is 2. The second-order valence-corrected chi connectivity index (χ2v) is 13.4. The van der Waals surface area contributed by atoms with Gasteiger partial charge in [-0.1, -0.05) is 127 Å². The summed E-state index contributed by atoms with van der Waals surface area (Å²) >= 11 is 0. The molecule has 0 amide bonds. The van der Waals surface area contributed by atoms with Crippen molar-refractivity contribution in [2.45, 2.75) is 79.2 Å². The number of benzene rings is 4. The van der Waals surface area contributed by atoms with E-state index in [1.165, 1.54) is 45.5 Å². The number of carbonyl (C=O) groups excluding carboxylic acids is 1. The third kappa shape index (κ3) is 6.43. The Kier molecular flexibility index (Phi) is 9.68. The van der Waals surface area contributed by atoms with Gasteiger partial charge in [0.05, 0.1) is 5.52 Å². The number of allylic oxidation sites excluding steroid dienone is 2. The Morgan fingerprint density at radius 2 is 1.52 bits per heavy atom. The van der Waals surface area contributed by atoms with Gasteiger partial charge in [-0.25, -0.2) is 0 Å². The maximum atomic E-state index is 10.5. The molecular weight excluding hydrogens is 717 g/mol. The molecule has 3 nitrogen and oxygen atoms in total. The Morgan fingerprint density at radius 1 is 0.909 bits per heavy atom. The zero-order valence-electron chi connectivity index (χ0n) is 27.3. The molecule has 1 radical (unpaired) electrons. The van der Waals surface area contributed by atoms with Crippen LogP contribution in [0, 0.1) is 6.07 Å². The van der Waals surface area contributed by atoms with Gasteiger partial charge >= 0.3 is 0 Å². The summed E-state index contributed by atoms with van der Waals surface area (Å²) in [6.45, 7) is 18.9. The van der Waals surface area contributed by atoms with Gasteiger partial charge in [-0.3, -0.25) is 9.78 Å². The number of carbonyl (C=O) groups is 1. The van der Waals surface area contributed by atoms with Crippen molar-refractivity contribution in [2.75, 3.05) is 0 Å². The summed E-state index contributed by atoms with van der Waals surface area (Å²) < 4.78 is 0. The predicted octanol–water partition coefficient (Wildman–Crippen LogP) is 10.7. The first-order valence-corrected chi connectivity index (χ1v) is 15.2. The fourth-order valence-electron chi connectivity index (χ4n) is 6.42. The van der Waals surface area contributed by atoms with Crippen molar-refractivity contribution in [3.8, 4) is 22.4 Å². The first-order chi connectivity index (χ1) is 20.3. The van der Waals surface area contributed by atoms with Gasteiger partial charge in [-0.15, -0.1) is 35.2 Å². The maximum Gasteiger partial charge on any atom is 0.151 e. The normalized spacial score (nSPS) is 13.5. The van der Waals surface area contributed by atoms with Gasteiger partial charge in [0.1, 0.15) is 0 Å². The first kappa shape index (κ1) is 33.3. The molecule has 229 valence electrons. The zero-order valence-corrected chi connectivity index (χ0v) is 29.7. The van der Waals surface area contributed by atoms with Gasteiger partial charge in [0.15, 0.2) is 5.78 Å². The van der Waals surface area contributed by atoms with E-state index in [-0.39, 0.29) is 42.8 Å². The van der Waals surface area contributed by atoms with Crippen molar-refractivity contribution in [2.24, 2.45) is 0 Å². The van der Waals surface area contributed by atoms with Crippen molar-refractivity contribution < 1.29 is 24.9 Å². The monoisotopic (exact) mass is 759 g/mol. The van der Waals surface area contributed by atoms with E-state index in [2.05, 4.69) is 125 Å². The van der Waals surface area contributed by atoms with Crippen LogP contribution in [0.15, 0.2) is 90.6 Å². The van der Waals surface area contributed by atoms with Gasteiger partial charge < -0.3 is 5.32 Å². The van der Waals surface area contributed by atoms with Gasteiger partial charge in [0.25, 0.3) is 0 Å². The van der Waals surface area contributed by atoms with E-state index in [4.69, 9.17) is 4.98 Å². The number of hydrogen-bond donors (Lipinski definition) is 0. The molecule has 0 saturated heterocycles. The topological polar surface area (TPSA) is 44.1 Å². The summed E-state index contributed by atoms with van der Waals surface area (Å²) in [5.41, 5.74) is 10.5. The number of para-hydroxylation sites is 1. The molecule has 0 atom stereocenters.